The van der Waals surface area contributed by atoms with Crippen molar-refractivity contribution in [3.8, 4) is 0 Å². The first-order valence-electron chi connectivity index (χ1n) is 11.6. The van der Waals surface area contributed by atoms with Crippen LogP contribution in [0.1, 0.15) is 43.5 Å². The summed E-state index contributed by atoms with van der Waals surface area (Å²) in [6, 6.07) is 12.6. The van der Waals surface area contributed by atoms with Crippen LogP contribution in [0.5, 0.6) is 0 Å². The van der Waals surface area contributed by atoms with Gasteiger partial charge in [-0.05, 0) is 67.6 Å². The Balaban J connectivity index is 1.36. The zero-order chi connectivity index (χ0) is 25.1. The predicted molar refractivity (Wildman–Crippen MR) is 129 cm³/mol. The standard InChI is InChI=1S/C26H27N3O6/c1-15-6-11-21-22(12-15)25(33)29(24(21)32)20-5-3-4-17(13-20)26(34)35-14-23(31)28-19-9-7-18(8-10-19)27-16(2)30/h3-5,7-10,13,15,21-22H,6,11-12,14H2,1-2H3,(H,27,30)(H,28,31)/t15-,21+,22+/m0/s1. The molecule has 2 aliphatic rings. The van der Waals surface area contributed by atoms with E-state index in [1.165, 1.54) is 24.0 Å². The van der Waals surface area contributed by atoms with Gasteiger partial charge < -0.3 is 15.4 Å². The highest BCUT2D eigenvalue weighted by atomic mass is 16.5. The van der Waals surface area contributed by atoms with Crippen LogP contribution in [-0.2, 0) is 23.9 Å². The molecule has 0 bridgehead atoms. The lowest BCUT2D eigenvalue weighted by atomic mass is 9.76. The van der Waals surface area contributed by atoms with E-state index in [1.807, 2.05) is 0 Å². The van der Waals surface area contributed by atoms with Crippen LogP contribution in [0.15, 0.2) is 48.5 Å². The second-order valence-corrected chi connectivity index (χ2v) is 9.08. The second-order valence-electron chi connectivity index (χ2n) is 9.08. The molecule has 2 fully saturated rings. The number of anilines is 3. The van der Waals surface area contributed by atoms with Crippen LogP contribution in [0.25, 0.3) is 0 Å². The third kappa shape index (κ3) is 5.40. The highest BCUT2D eigenvalue weighted by Crippen LogP contribution is 2.42. The minimum absolute atomic E-state index is 0.138. The maximum Gasteiger partial charge on any atom is 0.338 e. The predicted octanol–water partition coefficient (Wildman–Crippen LogP) is 3.37. The van der Waals surface area contributed by atoms with Gasteiger partial charge in [-0.3, -0.25) is 24.1 Å². The van der Waals surface area contributed by atoms with Crippen molar-refractivity contribution in [2.45, 2.75) is 33.1 Å². The largest absolute Gasteiger partial charge is 0.452 e. The van der Waals surface area contributed by atoms with Gasteiger partial charge in [-0.1, -0.05) is 13.0 Å². The molecular weight excluding hydrogens is 450 g/mol. The maximum atomic E-state index is 13.0. The summed E-state index contributed by atoms with van der Waals surface area (Å²) in [6.07, 6.45) is 2.31. The number of hydrogen-bond acceptors (Lipinski definition) is 6. The van der Waals surface area contributed by atoms with Gasteiger partial charge in [-0.25, -0.2) is 4.79 Å². The maximum absolute atomic E-state index is 13.0. The van der Waals surface area contributed by atoms with E-state index in [0.29, 0.717) is 35.8 Å². The van der Waals surface area contributed by atoms with Crippen molar-refractivity contribution in [3.63, 3.8) is 0 Å². The molecule has 1 aliphatic heterocycles. The highest BCUT2D eigenvalue weighted by Gasteiger charge is 2.50. The Morgan fingerprint density at radius 1 is 0.943 bits per heavy atom. The fraction of sp³-hybridized carbons (Fsp3) is 0.346. The number of carbonyl (C=O) groups is 5. The Morgan fingerprint density at radius 3 is 2.29 bits per heavy atom. The molecule has 0 spiro atoms. The molecule has 1 saturated heterocycles. The van der Waals surface area contributed by atoms with Gasteiger partial charge in [-0.2, -0.15) is 0 Å². The van der Waals surface area contributed by atoms with Crippen LogP contribution >= 0.6 is 0 Å². The van der Waals surface area contributed by atoms with Crippen molar-refractivity contribution in [2.24, 2.45) is 17.8 Å². The number of fused-ring (bicyclic) bond motifs is 1. The van der Waals surface area contributed by atoms with Crippen molar-refractivity contribution >= 4 is 46.7 Å². The van der Waals surface area contributed by atoms with E-state index in [2.05, 4.69) is 17.6 Å². The summed E-state index contributed by atoms with van der Waals surface area (Å²) < 4.78 is 5.12. The molecule has 4 rings (SSSR count). The molecule has 1 aliphatic carbocycles. The average Bonchev–Trinajstić information content (AvgIpc) is 3.07. The quantitative estimate of drug-likeness (QED) is 0.486. The molecule has 182 valence electrons. The topological polar surface area (TPSA) is 122 Å². The molecule has 0 radical (unpaired) electrons. The Morgan fingerprint density at radius 2 is 1.60 bits per heavy atom. The number of ether oxygens (including phenoxy) is 1. The van der Waals surface area contributed by atoms with Crippen molar-refractivity contribution in [1.29, 1.82) is 0 Å². The van der Waals surface area contributed by atoms with Gasteiger partial charge in [0.15, 0.2) is 6.61 Å². The van der Waals surface area contributed by atoms with E-state index in [0.717, 1.165) is 6.42 Å². The minimum atomic E-state index is -0.742. The first-order valence-corrected chi connectivity index (χ1v) is 11.6. The van der Waals surface area contributed by atoms with Crippen molar-refractivity contribution in [3.05, 3.63) is 54.1 Å². The van der Waals surface area contributed by atoms with E-state index in [9.17, 15) is 24.0 Å². The van der Waals surface area contributed by atoms with Gasteiger partial charge in [-0.15, -0.1) is 0 Å². The van der Waals surface area contributed by atoms with Gasteiger partial charge >= 0.3 is 5.97 Å². The molecule has 0 aromatic heterocycles. The summed E-state index contributed by atoms with van der Waals surface area (Å²) in [5, 5.41) is 5.23. The van der Waals surface area contributed by atoms with Gasteiger partial charge in [0.1, 0.15) is 0 Å². The average molecular weight is 478 g/mol. The summed E-state index contributed by atoms with van der Waals surface area (Å²) in [5.74, 6) is -2.14. The smallest absolute Gasteiger partial charge is 0.338 e. The first-order chi connectivity index (χ1) is 16.7. The van der Waals surface area contributed by atoms with Crippen LogP contribution in [0.2, 0.25) is 0 Å². The number of hydrogen-bond donors (Lipinski definition) is 2. The molecule has 1 heterocycles. The molecule has 1 saturated carbocycles. The highest BCUT2D eigenvalue weighted by molar-refractivity contribution is 6.22. The zero-order valence-electron chi connectivity index (χ0n) is 19.6. The summed E-state index contributed by atoms with van der Waals surface area (Å²) in [6.45, 7) is 2.97. The third-order valence-electron chi connectivity index (χ3n) is 6.35. The van der Waals surface area contributed by atoms with Crippen LogP contribution < -0.4 is 15.5 Å². The number of nitrogens with zero attached hydrogens (tertiary/aromatic N) is 1. The lowest BCUT2D eigenvalue weighted by Crippen LogP contribution is -2.31. The molecule has 0 unspecified atom stereocenters. The number of imide groups is 1. The Bertz CT molecular complexity index is 1180. The van der Waals surface area contributed by atoms with Gasteiger partial charge in [0.25, 0.3) is 5.91 Å². The van der Waals surface area contributed by atoms with Crippen LogP contribution in [-0.4, -0.2) is 36.2 Å². The summed E-state index contributed by atoms with van der Waals surface area (Å²) in [4.78, 5) is 62.9. The van der Waals surface area contributed by atoms with Crippen molar-refractivity contribution in [1.82, 2.24) is 0 Å². The monoisotopic (exact) mass is 477 g/mol. The molecule has 9 heteroatoms. The summed E-state index contributed by atoms with van der Waals surface area (Å²) >= 11 is 0. The number of nitrogens with one attached hydrogen (secondary N) is 2. The summed E-state index contributed by atoms with van der Waals surface area (Å²) in [5.41, 5.74) is 1.54. The lowest BCUT2D eigenvalue weighted by Gasteiger charge is -2.25. The fourth-order valence-electron chi connectivity index (χ4n) is 4.67. The Hall–Kier alpha value is -4.01. The number of benzene rings is 2. The number of carbonyl (C=O) groups excluding carboxylic acids is 5. The molecule has 3 atom stereocenters. The van der Waals surface area contributed by atoms with Crippen LogP contribution in [0.3, 0.4) is 0 Å². The lowest BCUT2D eigenvalue weighted by molar-refractivity contribution is -0.122. The Kier molecular flexibility index (Phi) is 6.95. The Labute approximate surface area is 202 Å². The first kappa shape index (κ1) is 24.1. The molecule has 35 heavy (non-hydrogen) atoms. The number of esters is 1. The van der Waals surface area contributed by atoms with E-state index in [-0.39, 0.29) is 35.1 Å². The third-order valence-corrected chi connectivity index (χ3v) is 6.35. The van der Waals surface area contributed by atoms with E-state index in [4.69, 9.17) is 4.74 Å². The molecule has 9 nitrogen and oxygen atoms in total. The minimum Gasteiger partial charge on any atom is -0.452 e. The fourth-order valence-corrected chi connectivity index (χ4v) is 4.67. The van der Waals surface area contributed by atoms with Crippen LogP contribution in [0, 0.1) is 17.8 Å². The number of amides is 4. The molecule has 4 amide bonds. The molecule has 2 N–H and O–H groups in total. The van der Waals surface area contributed by atoms with Crippen molar-refractivity contribution < 1.29 is 28.7 Å². The molecule has 2 aromatic rings. The van der Waals surface area contributed by atoms with Crippen LogP contribution in [0.4, 0.5) is 17.1 Å². The normalized spacial score (nSPS) is 21.3. The van der Waals surface area contributed by atoms with E-state index in [1.54, 1.807) is 36.4 Å². The SMILES string of the molecule is CC(=O)Nc1ccc(NC(=O)COC(=O)c2cccc(N3C(=O)[C@@H]4CC[C@H](C)C[C@H]4C3=O)c2)cc1. The van der Waals surface area contributed by atoms with Gasteiger partial charge in [0.2, 0.25) is 17.7 Å². The van der Waals surface area contributed by atoms with Crippen molar-refractivity contribution in [2.75, 3.05) is 22.1 Å². The van der Waals surface area contributed by atoms with E-state index < -0.39 is 18.5 Å². The van der Waals surface area contributed by atoms with E-state index >= 15 is 0 Å². The summed E-state index contributed by atoms with van der Waals surface area (Å²) in [7, 11) is 0. The zero-order valence-corrected chi connectivity index (χ0v) is 19.6. The second kappa shape index (κ2) is 10.1. The molecular formula is C26H27N3O6. The number of rotatable bonds is 6. The molecule has 2 aromatic carbocycles. The van der Waals surface area contributed by atoms with Gasteiger partial charge in [0, 0.05) is 18.3 Å². The van der Waals surface area contributed by atoms with Gasteiger partial charge in [0.05, 0.1) is 23.1 Å².